The highest BCUT2D eigenvalue weighted by Crippen LogP contribution is 2.57. The van der Waals surface area contributed by atoms with Crippen LogP contribution in [0.25, 0.3) is 0 Å². The van der Waals surface area contributed by atoms with Gasteiger partial charge in [-0.15, -0.1) is 0 Å². The molecule has 2 aliphatic carbocycles. The van der Waals surface area contributed by atoms with Crippen molar-refractivity contribution in [1.29, 1.82) is 0 Å². The quantitative estimate of drug-likeness (QED) is 0.643. The molecule has 4 nitrogen and oxygen atoms in total. The van der Waals surface area contributed by atoms with Gasteiger partial charge in [-0.25, -0.2) is 0 Å². The number of carboxylic acids is 1. The topological polar surface area (TPSA) is 77.8 Å². The van der Waals surface area contributed by atoms with Gasteiger partial charge in [0.25, 0.3) is 0 Å². The average Bonchev–Trinajstić information content (AvgIpc) is 2.51. The Morgan fingerprint density at radius 1 is 0.889 bits per heavy atom. The van der Waals surface area contributed by atoms with Gasteiger partial charge in [-0.3, -0.25) is 4.79 Å². The van der Waals surface area contributed by atoms with E-state index in [2.05, 4.69) is 27.7 Å². The Morgan fingerprint density at radius 2 is 1.22 bits per heavy atom. The second-order valence-corrected chi connectivity index (χ2v) is 11.1. The minimum Gasteiger partial charge on any atom is -0.481 e. The van der Waals surface area contributed by atoms with Gasteiger partial charge in [0.2, 0.25) is 0 Å². The summed E-state index contributed by atoms with van der Waals surface area (Å²) < 4.78 is 0. The van der Waals surface area contributed by atoms with Crippen molar-refractivity contribution in [3.63, 3.8) is 0 Å². The van der Waals surface area contributed by atoms with Crippen LogP contribution in [0.5, 0.6) is 0 Å². The molecule has 0 saturated heterocycles. The third kappa shape index (κ3) is 4.53. The van der Waals surface area contributed by atoms with Crippen LogP contribution in [0.3, 0.4) is 0 Å². The zero-order valence-electron chi connectivity index (χ0n) is 18.5. The number of aliphatic hydroxyl groups is 2. The fourth-order valence-electron chi connectivity index (χ4n) is 6.31. The number of carbonyl (C=O) groups is 1. The third-order valence-electron chi connectivity index (χ3n) is 8.10. The Bertz CT molecular complexity index is 496. The summed E-state index contributed by atoms with van der Waals surface area (Å²) in [5, 5.41) is 32.2. The summed E-state index contributed by atoms with van der Waals surface area (Å²) in [6.07, 6.45) is 4.27. The maximum Gasteiger partial charge on any atom is 0.309 e. The second-order valence-electron chi connectivity index (χ2n) is 11.1. The van der Waals surface area contributed by atoms with Gasteiger partial charge in [-0.2, -0.15) is 0 Å². The van der Waals surface area contributed by atoms with E-state index in [1.54, 1.807) is 0 Å². The number of aliphatic carboxylic acids is 1. The van der Waals surface area contributed by atoms with Crippen LogP contribution < -0.4 is 0 Å². The van der Waals surface area contributed by atoms with Crippen molar-refractivity contribution < 1.29 is 20.1 Å². The fourth-order valence-corrected chi connectivity index (χ4v) is 6.31. The van der Waals surface area contributed by atoms with Crippen LogP contribution in [0.2, 0.25) is 0 Å². The highest BCUT2D eigenvalue weighted by atomic mass is 16.4. The van der Waals surface area contributed by atoms with Crippen LogP contribution >= 0.6 is 0 Å². The van der Waals surface area contributed by atoms with Crippen molar-refractivity contribution >= 4 is 5.97 Å². The molecule has 2 aliphatic rings. The van der Waals surface area contributed by atoms with Crippen LogP contribution in [0.15, 0.2) is 0 Å². The molecule has 4 heteroatoms. The molecule has 0 heterocycles. The molecule has 0 amide bonds. The van der Waals surface area contributed by atoms with E-state index in [0.717, 1.165) is 25.7 Å². The summed E-state index contributed by atoms with van der Waals surface area (Å²) in [7, 11) is 0. The molecule has 2 saturated carbocycles. The summed E-state index contributed by atoms with van der Waals surface area (Å²) in [5.74, 6) is 0.400. The van der Waals surface area contributed by atoms with Crippen LogP contribution in [0, 0.1) is 40.9 Å². The zero-order chi connectivity index (χ0) is 20.8. The summed E-state index contributed by atoms with van der Waals surface area (Å²) in [6.45, 7) is 14.3. The first kappa shape index (κ1) is 22.7. The van der Waals surface area contributed by atoms with E-state index in [1.807, 2.05) is 20.8 Å². The zero-order valence-corrected chi connectivity index (χ0v) is 18.5. The Kier molecular flexibility index (Phi) is 6.44. The minimum absolute atomic E-state index is 0.0844. The first-order chi connectivity index (χ1) is 12.2. The molecule has 158 valence electrons. The lowest BCUT2D eigenvalue weighted by molar-refractivity contribution is -0.177. The Morgan fingerprint density at radius 3 is 1.48 bits per heavy atom. The van der Waals surface area contributed by atoms with Crippen molar-refractivity contribution in [2.75, 3.05) is 0 Å². The average molecular weight is 383 g/mol. The monoisotopic (exact) mass is 382 g/mol. The van der Waals surface area contributed by atoms with E-state index in [1.165, 1.54) is 0 Å². The summed E-state index contributed by atoms with van der Waals surface area (Å²) >= 11 is 0. The molecule has 0 aromatic carbocycles. The molecule has 27 heavy (non-hydrogen) atoms. The number of hydrogen-bond donors (Lipinski definition) is 3. The van der Waals surface area contributed by atoms with E-state index < -0.39 is 22.6 Å². The molecule has 0 aliphatic heterocycles. The predicted molar refractivity (Wildman–Crippen MR) is 108 cm³/mol. The van der Waals surface area contributed by atoms with Crippen molar-refractivity contribution in [3.8, 4) is 0 Å². The van der Waals surface area contributed by atoms with Gasteiger partial charge in [-0.05, 0) is 94.8 Å². The van der Waals surface area contributed by atoms with Gasteiger partial charge in [0.15, 0.2) is 0 Å². The van der Waals surface area contributed by atoms with E-state index >= 15 is 0 Å². The van der Waals surface area contributed by atoms with Crippen molar-refractivity contribution in [1.82, 2.24) is 0 Å². The van der Waals surface area contributed by atoms with Crippen LogP contribution in [0.4, 0.5) is 0 Å². The SMILES string of the molecule is CC(C)C1CCC(C)(O)CC1C(C)(C(=O)O)C1CC(C)(O)CCC1C(C)C. The summed E-state index contributed by atoms with van der Waals surface area (Å²) in [6, 6.07) is 0. The Labute approximate surface area is 165 Å². The summed E-state index contributed by atoms with van der Waals surface area (Å²) in [4.78, 5) is 12.8. The first-order valence-corrected chi connectivity index (χ1v) is 10.9. The van der Waals surface area contributed by atoms with Crippen molar-refractivity contribution in [3.05, 3.63) is 0 Å². The number of carboxylic acid groups (broad SMARTS) is 1. The van der Waals surface area contributed by atoms with Crippen molar-refractivity contribution in [2.45, 2.75) is 98.2 Å². The Hall–Kier alpha value is -0.610. The standard InChI is InChI=1S/C23H42O4/c1-14(2)16-8-10-21(5,26)12-18(16)23(7,20(24)25)19-13-22(6,27)11-9-17(19)15(3)4/h14-19,26-27H,8-13H2,1-7H3,(H,24,25). The number of rotatable bonds is 5. The maximum absolute atomic E-state index is 12.8. The maximum atomic E-state index is 12.8. The molecule has 0 bridgehead atoms. The van der Waals surface area contributed by atoms with Crippen LogP contribution in [-0.2, 0) is 4.79 Å². The predicted octanol–water partition coefficient (Wildman–Crippen LogP) is 4.72. The lowest BCUT2D eigenvalue weighted by Crippen LogP contribution is -2.56. The minimum atomic E-state index is -0.946. The molecule has 0 aromatic rings. The van der Waals surface area contributed by atoms with Gasteiger partial charge in [0.05, 0.1) is 16.6 Å². The van der Waals surface area contributed by atoms with Crippen LogP contribution in [-0.4, -0.2) is 32.5 Å². The molecule has 2 fully saturated rings. The molecular weight excluding hydrogens is 340 g/mol. The normalized spacial score (nSPS) is 42.9. The summed E-state index contributed by atoms with van der Waals surface area (Å²) in [5.41, 5.74) is -2.56. The van der Waals surface area contributed by atoms with Gasteiger partial charge >= 0.3 is 5.97 Å². The smallest absolute Gasteiger partial charge is 0.309 e. The Balaban J connectivity index is 2.53. The lowest BCUT2D eigenvalue weighted by atomic mass is 9.49. The second kappa shape index (κ2) is 7.67. The van der Waals surface area contributed by atoms with E-state index in [-0.39, 0.29) is 23.7 Å². The number of hydrogen-bond acceptors (Lipinski definition) is 3. The largest absolute Gasteiger partial charge is 0.481 e. The first-order valence-electron chi connectivity index (χ1n) is 10.9. The van der Waals surface area contributed by atoms with E-state index in [0.29, 0.717) is 24.7 Å². The van der Waals surface area contributed by atoms with Crippen molar-refractivity contribution in [2.24, 2.45) is 40.9 Å². The molecular formula is C23H42O4. The molecule has 2 rings (SSSR count). The van der Waals surface area contributed by atoms with Gasteiger partial charge < -0.3 is 15.3 Å². The lowest BCUT2D eigenvalue weighted by Gasteiger charge is -2.55. The highest BCUT2D eigenvalue weighted by molar-refractivity contribution is 5.75. The molecule has 0 radical (unpaired) electrons. The molecule has 0 aromatic heterocycles. The molecule has 6 unspecified atom stereocenters. The molecule has 0 spiro atoms. The van der Waals surface area contributed by atoms with Gasteiger partial charge in [0.1, 0.15) is 0 Å². The van der Waals surface area contributed by atoms with Crippen LogP contribution in [0.1, 0.15) is 87.0 Å². The third-order valence-corrected chi connectivity index (χ3v) is 8.10. The van der Waals surface area contributed by atoms with Gasteiger partial charge in [-0.1, -0.05) is 27.7 Å². The molecule has 6 atom stereocenters. The van der Waals surface area contributed by atoms with E-state index in [9.17, 15) is 20.1 Å². The fraction of sp³-hybridized carbons (Fsp3) is 0.957. The van der Waals surface area contributed by atoms with E-state index in [4.69, 9.17) is 0 Å². The highest BCUT2D eigenvalue weighted by Gasteiger charge is 2.58. The molecule has 3 N–H and O–H groups in total. The van der Waals surface area contributed by atoms with Gasteiger partial charge in [0, 0.05) is 0 Å².